The second-order valence-corrected chi connectivity index (χ2v) is 19.9. The van der Waals surface area contributed by atoms with Gasteiger partial charge in [0.2, 0.25) is 0 Å². The summed E-state index contributed by atoms with van der Waals surface area (Å²) in [6, 6.07) is 3.27. The molecule has 0 aliphatic carbocycles. The maximum Gasteiger partial charge on any atom is 0.434 e. The van der Waals surface area contributed by atoms with Gasteiger partial charge in [-0.15, -0.1) is 20.4 Å². The van der Waals surface area contributed by atoms with Gasteiger partial charge >= 0.3 is 47.7 Å². The minimum absolute atomic E-state index is 0.0212. The van der Waals surface area contributed by atoms with Crippen LogP contribution in [-0.2, 0) is 75.6 Å². The summed E-state index contributed by atoms with van der Waals surface area (Å²) in [6.45, 7) is 2.26. The number of rotatable bonds is 32. The molecule has 0 aliphatic heterocycles. The number of hydrogen-bond acceptors (Lipinski definition) is 31. The highest BCUT2D eigenvalue weighted by atomic mass is 18.2. The number of nitro groups is 5. The van der Waals surface area contributed by atoms with E-state index >= 15 is 0 Å². The van der Waals surface area contributed by atoms with Crippen LogP contribution in [-0.4, -0.2) is 200 Å². The Morgan fingerprint density at radius 2 is 0.694 bits per heavy atom. The SMILES string of the molecule is CC(=O)OCC(COCc1ccccc1[N+](=O)[O-])n1cc(Cn2ccnc2[N+](=O)[O-])nn1.CC(=O)OCC(C[18F])n1cc(Cn2ccnc2[N+](=O)[O-])nn1.CC(=O)OCC(C[18F])n1cc(Cn2ccnc2[N+](=O)[O-])nn1.CC(=O)OCC(C[18F])n1cc(Cn2ccnc2[N+](=O)[O-])nn1. The fourth-order valence-corrected chi connectivity index (χ4v) is 8.09. The maximum absolute atomic E-state index is 13.0. The first-order valence-electron chi connectivity index (χ1n) is 28.1. The number of nitro benzene ring substituents is 1. The molecule has 9 aromatic rings. The Bertz CT molecular complexity index is 3870. The van der Waals surface area contributed by atoms with Crippen molar-refractivity contribution < 1.29 is 80.7 Å². The predicted molar refractivity (Wildman–Crippen MR) is 315 cm³/mol. The first-order valence-corrected chi connectivity index (χ1v) is 28.1. The zero-order chi connectivity index (χ0) is 71.4. The minimum Gasteiger partial charge on any atom is -0.463 e. The summed E-state index contributed by atoms with van der Waals surface area (Å²) in [5, 5.41) is 85.2. The van der Waals surface area contributed by atoms with Crippen LogP contribution in [0.5, 0.6) is 0 Å². The summed E-state index contributed by atoms with van der Waals surface area (Å²) in [7, 11) is 0. The first-order chi connectivity index (χ1) is 46.9. The fraction of sp³-hybridized carbons (Fsp3) is 0.412. The zero-order valence-electron chi connectivity index (χ0n) is 51.8. The number of ether oxygens (including phenoxy) is 5. The van der Waals surface area contributed by atoms with Gasteiger partial charge in [0.15, 0.2) is 0 Å². The third-order valence-electron chi connectivity index (χ3n) is 12.7. The molecule has 0 spiro atoms. The van der Waals surface area contributed by atoms with E-state index in [0.29, 0.717) is 28.3 Å². The lowest BCUT2D eigenvalue weighted by Gasteiger charge is -2.16. The normalized spacial score (nSPS) is 12.0. The second kappa shape index (κ2) is 36.6. The Kier molecular flexibility index (Phi) is 27.8. The van der Waals surface area contributed by atoms with Gasteiger partial charge in [0, 0.05) is 33.8 Å². The van der Waals surface area contributed by atoms with Crippen LogP contribution in [0.15, 0.2) is 98.6 Å². The van der Waals surface area contributed by atoms with Gasteiger partial charge in [-0.1, -0.05) is 52.9 Å². The van der Waals surface area contributed by atoms with Crippen molar-refractivity contribution in [1.82, 2.24) is 98.2 Å². The molecule has 0 saturated carbocycles. The Morgan fingerprint density at radius 1 is 0.418 bits per heavy atom. The molecule has 8 heterocycles. The van der Waals surface area contributed by atoms with Gasteiger partial charge in [-0.05, 0) is 25.8 Å². The summed E-state index contributed by atoms with van der Waals surface area (Å²) in [6.07, 6.45) is 16.8. The Hall–Kier alpha value is -12.7. The Labute approximate surface area is 546 Å². The lowest BCUT2D eigenvalue weighted by atomic mass is 10.2. The van der Waals surface area contributed by atoms with Gasteiger partial charge in [-0.3, -0.25) is 29.3 Å². The number of hydrogen-bond donors (Lipinski definition) is 0. The maximum atomic E-state index is 13.0. The summed E-state index contributed by atoms with van der Waals surface area (Å²) in [4.78, 5) is 110. The van der Waals surface area contributed by atoms with Gasteiger partial charge in [0.05, 0.1) is 48.5 Å². The smallest absolute Gasteiger partial charge is 0.434 e. The molecule has 1 aromatic carbocycles. The lowest BCUT2D eigenvalue weighted by Crippen LogP contribution is -2.23. The number of benzene rings is 1. The topological polar surface area (TPSA) is 524 Å². The standard InChI is InChI=1S/C18H19N7O7.3C11H13FN6O4/c1-13(26)32-12-16(11-31-10-14-4-2-3-5-17(14)24(27)28)23-9-15(20-21-23)8-22-7-6-19-18(22)25(29)30;3*1-8(19)22-7-10(4-12)17-6-9(14-15-17)5-16-3-2-13-11(16)18(20)21/h2-7,9,16H,8,10-12H2,1H3;3*2-3,6,10H,4-5,7H2,1H3/i;3*12-1. The van der Waals surface area contributed by atoms with E-state index in [1.807, 2.05) is 0 Å². The van der Waals surface area contributed by atoms with Crippen molar-refractivity contribution in [2.24, 2.45) is 0 Å². The Morgan fingerprint density at radius 3 is 0.959 bits per heavy atom. The van der Waals surface area contributed by atoms with Crippen LogP contribution in [0.4, 0.5) is 42.7 Å². The summed E-state index contributed by atoms with van der Waals surface area (Å²) in [5.41, 5.74) is 1.93. The van der Waals surface area contributed by atoms with Crippen LogP contribution >= 0.6 is 0 Å². The monoisotopic (exact) mass is 1380 g/mol. The molecule has 4 unspecified atom stereocenters. The highest BCUT2D eigenvalue weighted by Gasteiger charge is 2.25. The van der Waals surface area contributed by atoms with Gasteiger partial charge in [-0.25, -0.2) is 50.2 Å². The number of halogens is 3. The minimum atomic E-state index is -0.790. The molecule has 44 nitrogen and oxygen atoms in total. The van der Waals surface area contributed by atoms with E-state index in [1.165, 1.54) is 139 Å². The summed E-state index contributed by atoms with van der Waals surface area (Å²) in [5.74, 6) is -3.36. The average molecular weight is 1380 g/mol. The van der Waals surface area contributed by atoms with Crippen molar-refractivity contribution in [3.63, 3.8) is 0 Å². The van der Waals surface area contributed by atoms with E-state index in [0.717, 1.165) is 0 Å². The van der Waals surface area contributed by atoms with E-state index in [4.69, 9.17) is 23.7 Å². The van der Waals surface area contributed by atoms with Crippen LogP contribution < -0.4 is 0 Å². The quantitative estimate of drug-likeness (QED) is 0.0253. The van der Waals surface area contributed by atoms with Gasteiger partial charge in [0.25, 0.3) is 5.69 Å². The molecule has 0 fully saturated rings. The molecule has 8 aromatic heterocycles. The fourth-order valence-electron chi connectivity index (χ4n) is 8.09. The van der Waals surface area contributed by atoms with Gasteiger partial charge < -0.3 is 64.1 Å². The molecule has 0 N–H and O–H groups in total. The molecular weight excluding hydrogens is 1320 g/mol. The number of imidazole rings is 4. The van der Waals surface area contributed by atoms with E-state index in [9.17, 15) is 82.9 Å². The van der Waals surface area contributed by atoms with Gasteiger partial charge in [0.1, 0.15) is 169 Å². The highest BCUT2D eigenvalue weighted by molar-refractivity contribution is 5.66. The van der Waals surface area contributed by atoms with Crippen molar-refractivity contribution in [3.8, 4) is 0 Å². The molecule has 0 amide bonds. The number of alkyl halides is 3. The number of esters is 4. The van der Waals surface area contributed by atoms with Crippen LogP contribution in [0.2, 0.25) is 0 Å². The Balaban J connectivity index is 0.000000209. The molecule has 0 bridgehead atoms. The molecule has 47 heteroatoms. The summed E-state index contributed by atoms with van der Waals surface area (Å²) >= 11 is 0. The highest BCUT2D eigenvalue weighted by Crippen LogP contribution is 2.21. The number of nitrogens with zero attached hydrogens (tertiary/aromatic N) is 25. The van der Waals surface area contributed by atoms with Crippen molar-refractivity contribution in [3.05, 3.63) is 178 Å². The van der Waals surface area contributed by atoms with E-state index in [-0.39, 0.29) is 95.3 Å². The second-order valence-electron chi connectivity index (χ2n) is 19.9. The van der Waals surface area contributed by atoms with Crippen LogP contribution in [0.25, 0.3) is 0 Å². The molecule has 0 saturated heterocycles. The van der Waals surface area contributed by atoms with Crippen LogP contribution in [0.3, 0.4) is 0 Å². The van der Waals surface area contributed by atoms with Crippen LogP contribution in [0, 0.1) is 50.6 Å². The molecule has 98 heavy (non-hydrogen) atoms. The largest absolute Gasteiger partial charge is 0.463 e. The number of aromatic nitrogens is 20. The molecule has 4 atom stereocenters. The van der Waals surface area contributed by atoms with Gasteiger partial charge in [-0.2, -0.15) is 0 Å². The summed E-state index contributed by atoms with van der Waals surface area (Å²) < 4.78 is 74.1. The van der Waals surface area contributed by atoms with Crippen molar-refractivity contribution in [2.45, 2.75) is 84.6 Å². The number of para-hydroxylation sites is 1. The van der Waals surface area contributed by atoms with E-state index < -0.39 is 92.7 Å². The van der Waals surface area contributed by atoms with Crippen molar-refractivity contribution >= 4 is 53.4 Å². The van der Waals surface area contributed by atoms with Crippen molar-refractivity contribution in [2.75, 3.05) is 53.1 Å². The van der Waals surface area contributed by atoms with Crippen molar-refractivity contribution in [1.29, 1.82) is 0 Å². The average Bonchev–Trinajstić information content (AvgIpc) is 1.70. The molecular formula is C51H58F3N25O19. The molecule has 0 aliphatic rings. The molecule has 0 radical (unpaired) electrons. The molecule has 9 rings (SSSR count). The third-order valence-corrected chi connectivity index (χ3v) is 12.7. The van der Waals surface area contributed by atoms with Crippen LogP contribution in [0.1, 0.15) is 80.2 Å². The third kappa shape index (κ3) is 22.5. The number of carbonyl (C=O) groups excluding carboxylic acids is 4. The van der Waals surface area contributed by atoms with E-state index in [1.54, 1.807) is 24.4 Å². The zero-order valence-corrected chi connectivity index (χ0v) is 51.8. The number of carbonyl (C=O) groups is 4. The first kappa shape index (κ1) is 74.3. The predicted octanol–water partition coefficient (Wildman–Crippen LogP) is 3.17. The molecule has 522 valence electrons. The lowest BCUT2D eigenvalue weighted by molar-refractivity contribution is -0.396. The van der Waals surface area contributed by atoms with E-state index in [2.05, 4.69) is 61.2 Å².